The van der Waals surface area contributed by atoms with Crippen LogP contribution in [0.2, 0.25) is 0 Å². The number of nitrogens with two attached hydrogens (primary N) is 1. The van der Waals surface area contributed by atoms with Gasteiger partial charge in [0.1, 0.15) is 6.61 Å². The molecule has 0 aliphatic heterocycles. The summed E-state index contributed by atoms with van der Waals surface area (Å²) in [6, 6.07) is 0. The van der Waals surface area contributed by atoms with E-state index in [1.54, 1.807) is 6.92 Å². The van der Waals surface area contributed by atoms with Crippen LogP contribution >= 0.6 is 12.2 Å². The average molecular weight is 215 g/mol. The lowest BCUT2D eigenvalue weighted by atomic mass is 10.2. The van der Waals surface area contributed by atoms with Gasteiger partial charge in [0.2, 0.25) is 0 Å². The number of ether oxygens (including phenoxy) is 1. The van der Waals surface area contributed by atoms with E-state index in [0.29, 0.717) is 6.42 Å². The molecule has 0 aliphatic rings. The summed E-state index contributed by atoms with van der Waals surface area (Å²) in [5.41, 5.74) is 5.18. The number of alkyl halides is 3. The largest absolute Gasteiger partial charge is 0.411 e. The first-order valence-corrected chi connectivity index (χ1v) is 4.22. The van der Waals surface area contributed by atoms with Crippen LogP contribution in [-0.2, 0) is 4.74 Å². The van der Waals surface area contributed by atoms with E-state index in [1.807, 2.05) is 0 Å². The van der Waals surface area contributed by atoms with Gasteiger partial charge in [-0.1, -0.05) is 19.1 Å². The van der Waals surface area contributed by atoms with Crippen LogP contribution in [0.25, 0.3) is 0 Å². The topological polar surface area (TPSA) is 35.2 Å². The van der Waals surface area contributed by atoms with E-state index in [4.69, 9.17) is 5.73 Å². The molecule has 0 fully saturated rings. The molecular weight excluding hydrogens is 203 g/mol. The summed E-state index contributed by atoms with van der Waals surface area (Å²) in [5, 5.41) is 0. The summed E-state index contributed by atoms with van der Waals surface area (Å²) in [6.45, 7) is 0.480. The fraction of sp³-hybridized carbons (Fsp3) is 0.857. The standard InChI is InChI=1S/C7H12F3NOS/c1-2-5(3-6(11)13)12-4-7(8,9)10/h5H,2-4H2,1H3,(H2,11,13). The van der Waals surface area contributed by atoms with Crippen molar-refractivity contribution in [2.75, 3.05) is 6.61 Å². The summed E-state index contributed by atoms with van der Waals surface area (Å²) in [7, 11) is 0. The minimum Gasteiger partial charge on any atom is -0.393 e. The third kappa shape index (κ3) is 7.98. The van der Waals surface area contributed by atoms with Crippen molar-refractivity contribution in [3.05, 3.63) is 0 Å². The molecule has 0 aliphatic carbocycles. The van der Waals surface area contributed by atoms with Crippen molar-refractivity contribution in [2.45, 2.75) is 32.0 Å². The minimum atomic E-state index is -4.29. The second-order valence-electron chi connectivity index (χ2n) is 2.63. The highest BCUT2D eigenvalue weighted by Crippen LogP contribution is 2.17. The molecule has 0 saturated heterocycles. The Morgan fingerprint density at radius 1 is 1.54 bits per heavy atom. The Bertz CT molecular complexity index is 172. The Balaban J connectivity index is 3.79. The van der Waals surface area contributed by atoms with Crippen LogP contribution in [-0.4, -0.2) is 23.9 Å². The maximum atomic E-state index is 11.7. The van der Waals surface area contributed by atoms with Gasteiger partial charge in [-0.2, -0.15) is 13.2 Å². The van der Waals surface area contributed by atoms with Crippen molar-refractivity contribution in [3.8, 4) is 0 Å². The van der Waals surface area contributed by atoms with Gasteiger partial charge >= 0.3 is 6.18 Å². The first-order chi connectivity index (χ1) is 5.85. The number of rotatable bonds is 5. The molecule has 0 saturated carbocycles. The molecule has 0 bridgehead atoms. The van der Waals surface area contributed by atoms with E-state index in [2.05, 4.69) is 17.0 Å². The smallest absolute Gasteiger partial charge is 0.393 e. The van der Waals surface area contributed by atoms with Gasteiger partial charge in [-0.15, -0.1) is 0 Å². The number of hydrogen-bond donors (Lipinski definition) is 1. The molecular formula is C7H12F3NOS. The third-order valence-electron chi connectivity index (χ3n) is 1.37. The molecule has 0 aromatic heterocycles. The Labute approximate surface area is 80.2 Å². The molecule has 13 heavy (non-hydrogen) atoms. The zero-order valence-corrected chi connectivity index (χ0v) is 8.04. The van der Waals surface area contributed by atoms with Crippen molar-refractivity contribution >= 4 is 17.2 Å². The monoisotopic (exact) mass is 215 g/mol. The number of halogens is 3. The molecule has 78 valence electrons. The van der Waals surface area contributed by atoms with Crippen LogP contribution in [0.5, 0.6) is 0 Å². The molecule has 0 heterocycles. The van der Waals surface area contributed by atoms with E-state index < -0.39 is 18.9 Å². The maximum absolute atomic E-state index is 11.7. The highest BCUT2D eigenvalue weighted by atomic mass is 32.1. The highest BCUT2D eigenvalue weighted by molar-refractivity contribution is 7.80. The normalized spacial score (nSPS) is 14.2. The van der Waals surface area contributed by atoms with Gasteiger partial charge < -0.3 is 10.5 Å². The molecule has 1 atom stereocenters. The summed E-state index contributed by atoms with van der Waals surface area (Å²) < 4.78 is 39.7. The van der Waals surface area contributed by atoms with Crippen LogP contribution in [0.3, 0.4) is 0 Å². The van der Waals surface area contributed by atoms with Gasteiger partial charge in [0, 0.05) is 6.42 Å². The zero-order valence-electron chi connectivity index (χ0n) is 7.23. The van der Waals surface area contributed by atoms with Crippen molar-refractivity contribution in [1.29, 1.82) is 0 Å². The third-order valence-corrected chi connectivity index (χ3v) is 1.53. The minimum absolute atomic E-state index is 0.175. The van der Waals surface area contributed by atoms with Crippen LogP contribution < -0.4 is 5.73 Å². The molecule has 1 unspecified atom stereocenters. The molecule has 0 rings (SSSR count). The molecule has 0 radical (unpaired) electrons. The van der Waals surface area contributed by atoms with E-state index >= 15 is 0 Å². The molecule has 0 aromatic carbocycles. The first-order valence-electron chi connectivity index (χ1n) is 3.81. The van der Waals surface area contributed by atoms with Crippen LogP contribution in [0.15, 0.2) is 0 Å². The summed E-state index contributed by atoms with van der Waals surface area (Å²) >= 11 is 4.56. The van der Waals surface area contributed by atoms with Crippen molar-refractivity contribution in [1.82, 2.24) is 0 Å². The SMILES string of the molecule is CCC(CC(N)=S)OCC(F)(F)F. The lowest BCUT2D eigenvalue weighted by molar-refractivity contribution is -0.184. The molecule has 2 N–H and O–H groups in total. The lowest BCUT2D eigenvalue weighted by Gasteiger charge is -2.16. The van der Waals surface area contributed by atoms with Crippen molar-refractivity contribution in [3.63, 3.8) is 0 Å². The molecule has 6 heteroatoms. The molecule has 0 amide bonds. The van der Waals surface area contributed by atoms with E-state index in [0.717, 1.165) is 0 Å². The number of hydrogen-bond acceptors (Lipinski definition) is 2. The maximum Gasteiger partial charge on any atom is 0.411 e. The highest BCUT2D eigenvalue weighted by Gasteiger charge is 2.28. The van der Waals surface area contributed by atoms with Gasteiger partial charge in [0.15, 0.2) is 0 Å². The van der Waals surface area contributed by atoms with Gasteiger partial charge in [0.25, 0.3) is 0 Å². The molecule has 0 aromatic rings. The quantitative estimate of drug-likeness (QED) is 0.712. The zero-order chi connectivity index (χ0) is 10.5. The summed E-state index contributed by atoms with van der Waals surface area (Å²) in [5.74, 6) is 0. The molecule has 2 nitrogen and oxygen atoms in total. The van der Waals surface area contributed by atoms with E-state index in [-0.39, 0.29) is 11.4 Å². The van der Waals surface area contributed by atoms with Crippen molar-refractivity contribution < 1.29 is 17.9 Å². The van der Waals surface area contributed by atoms with E-state index in [9.17, 15) is 13.2 Å². The fourth-order valence-corrected chi connectivity index (χ4v) is 0.944. The lowest BCUT2D eigenvalue weighted by Crippen LogP contribution is -2.26. The van der Waals surface area contributed by atoms with Gasteiger partial charge in [-0.05, 0) is 6.42 Å². The average Bonchev–Trinajstić information content (AvgIpc) is 1.95. The Morgan fingerprint density at radius 3 is 2.38 bits per heavy atom. The van der Waals surface area contributed by atoms with Gasteiger partial charge in [-0.25, -0.2) is 0 Å². The van der Waals surface area contributed by atoms with Gasteiger partial charge in [-0.3, -0.25) is 0 Å². The van der Waals surface area contributed by atoms with Crippen LogP contribution in [0, 0.1) is 0 Å². The Morgan fingerprint density at radius 2 is 2.08 bits per heavy atom. The van der Waals surface area contributed by atoms with Crippen molar-refractivity contribution in [2.24, 2.45) is 5.73 Å². The fourth-order valence-electron chi connectivity index (χ4n) is 0.758. The predicted molar refractivity (Wildman–Crippen MR) is 47.5 cm³/mol. The second kappa shape index (κ2) is 5.39. The predicted octanol–water partition coefficient (Wildman–Crippen LogP) is 2.02. The van der Waals surface area contributed by atoms with Crippen LogP contribution in [0.4, 0.5) is 13.2 Å². The Kier molecular flexibility index (Phi) is 5.24. The number of thiocarbonyl (C=S) groups is 1. The second-order valence-corrected chi connectivity index (χ2v) is 3.15. The van der Waals surface area contributed by atoms with Gasteiger partial charge in [0.05, 0.1) is 11.1 Å². The summed E-state index contributed by atoms with van der Waals surface area (Å²) in [6.07, 6.45) is -4.15. The summed E-state index contributed by atoms with van der Waals surface area (Å²) in [4.78, 5) is 0.175. The van der Waals surface area contributed by atoms with E-state index in [1.165, 1.54) is 0 Å². The molecule has 0 spiro atoms. The van der Waals surface area contributed by atoms with Crippen LogP contribution in [0.1, 0.15) is 19.8 Å². The first kappa shape index (κ1) is 12.6. The Hall–Kier alpha value is -0.360.